The topological polar surface area (TPSA) is 117 Å². The molecule has 2 aromatic rings. The summed E-state index contributed by atoms with van der Waals surface area (Å²) in [5, 5.41) is 8.35. The Morgan fingerprint density at radius 3 is 2.24 bits per heavy atom. The van der Waals surface area contributed by atoms with Crippen LogP contribution in [0.15, 0.2) is 48.5 Å². The highest BCUT2D eigenvalue weighted by molar-refractivity contribution is 6.07. The van der Waals surface area contributed by atoms with E-state index < -0.39 is 11.6 Å². The van der Waals surface area contributed by atoms with Crippen molar-refractivity contribution in [1.82, 2.24) is 10.2 Å². The molecule has 1 aliphatic carbocycles. The zero-order valence-electron chi connectivity index (χ0n) is 19.1. The number of hydrogen-bond donors (Lipinski definition) is 3. The maximum Gasteiger partial charge on any atom is 0.325 e. The van der Waals surface area contributed by atoms with Crippen LogP contribution in [0.1, 0.15) is 49.4 Å². The van der Waals surface area contributed by atoms with Crippen LogP contribution >= 0.6 is 0 Å². The second-order valence-electron chi connectivity index (χ2n) is 8.46. The molecule has 4 rings (SSSR count). The maximum absolute atomic E-state index is 12.7. The van der Waals surface area contributed by atoms with Crippen molar-refractivity contribution in [3.8, 4) is 5.75 Å². The summed E-state index contributed by atoms with van der Waals surface area (Å²) in [6.45, 7) is 2.50. The standard InChI is InChI=1S/C25H28N4O5/c1-2-34-20-11-9-19(10-12-20)27-22(31)17-5-7-18(8-6-17)26-21(30)13-16-29-23(32)25(28-24(29)33)14-3-4-15-25/h5-12H,2-4,13-16H2,1H3,(H,26,30)(H,27,31)(H,28,33). The predicted octanol–water partition coefficient (Wildman–Crippen LogP) is 3.53. The first kappa shape index (κ1) is 23.3. The molecule has 0 bridgehead atoms. The van der Waals surface area contributed by atoms with Crippen LogP contribution in [0, 0.1) is 0 Å². The lowest BCUT2D eigenvalue weighted by molar-refractivity contribution is -0.131. The molecule has 5 amide bonds. The first-order chi connectivity index (χ1) is 16.4. The van der Waals surface area contributed by atoms with Gasteiger partial charge >= 0.3 is 6.03 Å². The number of hydrogen-bond acceptors (Lipinski definition) is 5. The van der Waals surface area contributed by atoms with Crippen molar-refractivity contribution >= 4 is 35.1 Å². The normalized spacial score (nSPS) is 16.4. The van der Waals surface area contributed by atoms with E-state index in [0.717, 1.165) is 23.5 Å². The van der Waals surface area contributed by atoms with E-state index in [1.54, 1.807) is 48.5 Å². The lowest BCUT2D eigenvalue weighted by atomic mass is 9.98. The van der Waals surface area contributed by atoms with Gasteiger partial charge in [0.25, 0.3) is 11.8 Å². The predicted molar refractivity (Wildman–Crippen MR) is 127 cm³/mol. The molecule has 1 saturated heterocycles. The molecular weight excluding hydrogens is 436 g/mol. The molecule has 1 saturated carbocycles. The van der Waals surface area contributed by atoms with Crippen molar-refractivity contribution in [3.63, 3.8) is 0 Å². The number of anilines is 2. The molecule has 3 N–H and O–H groups in total. The third kappa shape index (κ3) is 5.03. The van der Waals surface area contributed by atoms with E-state index in [1.807, 2.05) is 6.92 Å². The van der Waals surface area contributed by atoms with E-state index in [1.165, 1.54) is 0 Å². The molecule has 1 spiro atoms. The third-order valence-electron chi connectivity index (χ3n) is 6.12. The van der Waals surface area contributed by atoms with Gasteiger partial charge in [0.1, 0.15) is 11.3 Å². The van der Waals surface area contributed by atoms with Crippen molar-refractivity contribution in [1.29, 1.82) is 0 Å². The lowest BCUT2D eigenvalue weighted by Gasteiger charge is -2.19. The molecule has 0 radical (unpaired) electrons. The summed E-state index contributed by atoms with van der Waals surface area (Å²) in [5.74, 6) is -0.0972. The Labute approximate surface area is 197 Å². The highest BCUT2D eigenvalue weighted by Crippen LogP contribution is 2.35. The minimum atomic E-state index is -0.769. The van der Waals surface area contributed by atoms with E-state index in [4.69, 9.17) is 4.74 Å². The van der Waals surface area contributed by atoms with Gasteiger partial charge in [0.2, 0.25) is 5.91 Å². The van der Waals surface area contributed by atoms with Crippen LogP contribution in [0.3, 0.4) is 0 Å². The number of urea groups is 1. The van der Waals surface area contributed by atoms with Crippen molar-refractivity contribution in [2.75, 3.05) is 23.8 Å². The highest BCUT2D eigenvalue weighted by atomic mass is 16.5. The number of nitrogens with one attached hydrogen (secondary N) is 3. The number of imide groups is 1. The van der Waals surface area contributed by atoms with Crippen molar-refractivity contribution in [2.45, 2.75) is 44.6 Å². The highest BCUT2D eigenvalue weighted by Gasteiger charge is 2.52. The molecule has 9 nitrogen and oxygen atoms in total. The van der Waals surface area contributed by atoms with Gasteiger partial charge in [-0.05, 0) is 68.3 Å². The Morgan fingerprint density at radius 2 is 1.59 bits per heavy atom. The molecule has 1 heterocycles. The summed E-state index contributed by atoms with van der Waals surface area (Å²) < 4.78 is 5.39. The van der Waals surface area contributed by atoms with Gasteiger partial charge in [0.05, 0.1) is 6.61 Å². The monoisotopic (exact) mass is 464 g/mol. The maximum atomic E-state index is 12.7. The second kappa shape index (κ2) is 9.94. The zero-order chi connectivity index (χ0) is 24.1. The Balaban J connectivity index is 1.27. The quantitative estimate of drug-likeness (QED) is 0.517. The molecule has 0 atom stereocenters. The fraction of sp³-hybridized carbons (Fsp3) is 0.360. The minimum absolute atomic E-state index is 0.00474. The van der Waals surface area contributed by atoms with Gasteiger partial charge in [-0.3, -0.25) is 19.3 Å². The fourth-order valence-corrected chi connectivity index (χ4v) is 4.34. The van der Waals surface area contributed by atoms with Gasteiger partial charge in [-0.25, -0.2) is 4.79 Å². The summed E-state index contributed by atoms with van der Waals surface area (Å²) in [5.41, 5.74) is 0.834. The van der Waals surface area contributed by atoms with Crippen LogP contribution in [0.25, 0.3) is 0 Å². The Kier molecular flexibility index (Phi) is 6.81. The van der Waals surface area contributed by atoms with Crippen LogP contribution in [0.4, 0.5) is 16.2 Å². The Morgan fingerprint density at radius 1 is 0.971 bits per heavy atom. The van der Waals surface area contributed by atoms with Crippen molar-refractivity contribution < 1.29 is 23.9 Å². The average Bonchev–Trinajstić information content (AvgIpc) is 3.39. The number of rotatable bonds is 8. The fourth-order valence-electron chi connectivity index (χ4n) is 4.34. The SMILES string of the molecule is CCOc1ccc(NC(=O)c2ccc(NC(=O)CCN3C(=O)NC4(CCCC4)C3=O)cc2)cc1. The van der Waals surface area contributed by atoms with Crippen molar-refractivity contribution in [3.05, 3.63) is 54.1 Å². The van der Waals surface area contributed by atoms with E-state index in [-0.39, 0.29) is 30.7 Å². The van der Waals surface area contributed by atoms with Gasteiger partial charge < -0.3 is 20.7 Å². The summed E-state index contributed by atoms with van der Waals surface area (Å²) in [7, 11) is 0. The molecule has 9 heteroatoms. The third-order valence-corrected chi connectivity index (χ3v) is 6.12. The largest absolute Gasteiger partial charge is 0.494 e. The van der Waals surface area contributed by atoms with Gasteiger partial charge in [-0.15, -0.1) is 0 Å². The van der Waals surface area contributed by atoms with Gasteiger partial charge in [-0.1, -0.05) is 12.8 Å². The summed E-state index contributed by atoms with van der Waals surface area (Å²) in [6, 6.07) is 13.1. The lowest BCUT2D eigenvalue weighted by Crippen LogP contribution is -2.44. The van der Waals surface area contributed by atoms with Gasteiger partial charge in [0.15, 0.2) is 0 Å². The molecule has 178 valence electrons. The first-order valence-electron chi connectivity index (χ1n) is 11.5. The van der Waals surface area contributed by atoms with Crippen LogP contribution in [-0.2, 0) is 9.59 Å². The van der Waals surface area contributed by atoms with Crippen molar-refractivity contribution in [2.24, 2.45) is 0 Å². The van der Waals surface area contributed by atoms with Crippen LogP contribution in [-0.4, -0.2) is 47.3 Å². The number of ether oxygens (including phenoxy) is 1. The van der Waals surface area contributed by atoms with Crippen LogP contribution in [0.2, 0.25) is 0 Å². The number of amides is 5. The molecule has 2 fully saturated rings. The van der Waals surface area contributed by atoms with Gasteiger partial charge in [-0.2, -0.15) is 0 Å². The van der Waals surface area contributed by atoms with Crippen LogP contribution in [0.5, 0.6) is 5.75 Å². The van der Waals surface area contributed by atoms with E-state index in [9.17, 15) is 19.2 Å². The number of benzene rings is 2. The second-order valence-corrected chi connectivity index (χ2v) is 8.46. The number of carbonyl (C=O) groups excluding carboxylic acids is 4. The van der Waals surface area contributed by atoms with Crippen LogP contribution < -0.4 is 20.7 Å². The first-order valence-corrected chi connectivity index (χ1v) is 11.5. The minimum Gasteiger partial charge on any atom is -0.494 e. The zero-order valence-corrected chi connectivity index (χ0v) is 19.1. The molecule has 2 aliphatic rings. The molecule has 0 aromatic heterocycles. The molecule has 1 aliphatic heterocycles. The Hall–Kier alpha value is -3.88. The Bertz CT molecular complexity index is 1080. The van der Waals surface area contributed by atoms with E-state index in [2.05, 4.69) is 16.0 Å². The molecule has 0 unspecified atom stereocenters. The summed E-state index contributed by atoms with van der Waals surface area (Å²) in [6.07, 6.45) is 3.12. The number of nitrogens with zero attached hydrogens (tertiary/aromatic N) is 1. The molecule has 34 heavy (non-hydrogen) atoms. The number of carbonyl (C=O) groups is 4. The van der Waals surface area contributed by atoms with E-state index in [0.29, 0.717) is 36.4 Å². The summed E-state index contributed by atoms with van der Waals surface area (Å²) in [4.78, 5) is 50.8. The van der Waals surface area contributed by atoms with E-state index >= 15 is 0 Å². The smallest absolute Gasteiger partial charge is 0.325 e. The molecule has 2 aromatic carbocycles. The average molecular weight is 465 g/mol. The van der Waals surface area contributed by atoms with Gasteiger partial charge in [0, 0.05) is 29.9 Å². The summed E-state index contributed by atoms with van der Waals surface area (Å²) >= 11 is 0. The molecular formula is C25H28N4O5.